The fourth-order valence-corrected chi connectivity index (χ4v) is 5.57. The fraction of sp³-hybridized carbons (Fsp3) is 0.324. The number of urea groups is 1. The lowest BCUT2D eigenvalue weighted by molar-refractivity contribution is 0.262. The molecule has 9 nitrogen and oxygen atoms in total. The fourth-order valence-electron chi connectivity index (χ4n) is 5.57. The Balaban J connectivity index is 1.57. The first-order valence-electron chi connectivity index (χ1n) is 15.9. The van der Waals surface area contributed by atoms with Crippen LogP contribution in [0.15, 0.2) is 78.0 Å². The summed E-state index contributed by atoms with van der Waals surface area (Å²) < 4.78 is 7.83. The molecule has 4 aromatic heterocycles. The predicted molar refractivity (Wildman–Crippen MR) is 185 cm³/mol. The number of amides is 2. The van der Waals surface area contributed by atoms with E-state index in [2.05, 4.69) is 55.2 Å². The number of carbonyl (C=O) groups excluding carboxylic acids is 1. The van der Waals surface area contributed by atoms with Gasteiger partial charge in [0.25, 0.3) is 5.56 Å². The Morgan fingerprint density at radius 1 is 0.935 bits per heavy atom. The SMILES string of the molecule is CCCCn1c(=O)c(NC(=O)Nc2c(C(C)C)cc(OCc3cccnc3)cc2C(C)C)c(-c2cccc(C)n2)c2cccnc21. The summed E-state index contributed by atoms with van der Waals surface area (Å²) in [5.74, 6) is 0.885. The van der Waals surface area contributed by atoms with Crippen LogP contribution in [-0.4, -0.2) is 25.6 Å². The second kappa shape index (κ2) is 14.4. The van der Waals surface area contributed by atoms with Gasteiger partial charge in [0, 0.05) is 53.0 Å². The van der Waals surface area contributed by atoms with Gasteiger partial charge in [0.15, 0.2) is 0 Å². The van der Waals surface area contributed by atoms with Gasteiger partial charge in [-0.3, -0.25) is 19.3 Å². The topological polar surface area (TPSA) is 111 Å². The third-order valence-electron chi connectivity index (χ3n) is 7.92. The molecular formula is C37H42N6O3. The normalized spacial score (nSPS) is 11.3. The second-order valence-corrected chi connectivity index (χ2v) is 12.1. The number of nitrogens with one attached hydrogen (secondary N) is 2. The Bertz CT molecular complexity index is 1870. The van der Waals surface area contributed by atoms with E-state index in [0.717, 1.165) is 46.4 Å². The average molecular weight is 619 g/mol. The van der Waals surface area contributed by atoms with Crippen molar-refractivity contribution in [1.29, 1.82) is 0 Å². The van der Waals surface area contributed by atoms with E-state index in [1.165, 1.54) is 0 Å². The number of aryl methyl sites for hydroxylation is 2. The molecule has 5 rings (SSSR count). The summed E-state index contributed by atoms with van der Waals surface area (Å²) in [6.45, 7) is 13.2. The Labute approximate surface area is 270 Å². The highest BCUT2D eigenvalue weighted by atomic mass is 16.5. The number of fused-ring (bicyclic) bond motifs is 1. The molecule has 2 N–H and O–H groups in total. The Hall–Kier alpha value is -5.05. The first-order valence-corrected chi connectivity index (χ1v) is 15.9. The summed E-state index contributed by atoms with van der Waals surface area (Å²) in [7, 11) is 0. The molecule has 0 aliphatic rings. The number of pyridine rings is 4. The third-order valence-corrected chi connectivity index (χ3v) is 7.92. The molecule has 0 atom stereocenters. The standard InChI is InChI=1S/C37H42N6O3/c1-7-8-18-43-35-28(14-11-17-39-35)32(31-15-9-12-25(6)40-31)34(36(43)44)42-37(45)41-33-29(23(2)3)19-27(20-30(33)24(4)5)46-22-26-13-10-16-38-21-26/h9-17,19-21,23-24H,7-8,18,22H2,1-6H3,(H2,41,42,45). The Morgan fingerprint density at radius 2 is 1.65 bits per heavy atom. The van der Waals surface area contributed by atoms with Gasteiger partial charge in [0.05, 0.1) is 5.69 Å². The van der Waals surface area contributed by atoms with E-state index in [-0.39, 0.29) is 23.1 Å². The lowest BCUT2D eigenvalue weighted by atomic mass is 9.92. The molecule has 238 valence electrons. The molecule has 0 unspecified atom stereocenters. The molecule has 0 saturated carbocycles. The quantitative estimate of drug-likeness (QED) is 0.154. The summed E-state index contributed by atoms with van der Waals surface area (Å²) in [5, 5.41) is 6.82. The number of unbranched alkanes of at least 4 members (excludes halogenated alkanes) is 1. The zero-order valence-electron chi connectivity index (χ0n) is 27.4. The van der Waals surface area contributed by atoms with Crippen molar-refractivity contribution in [3.05, 3.63) is 106 Å². The summed E-state index contributed by atoms with van der Waals surface area (Å²) in [6, 6.07) is 16.7. The molecule has 0 saturated heterocycles. The number of hydrogen-bond acceptors (Lipinski definition) is 6. The van der Waals surface area contributed by atoms with Gasteiger partial charge in [-0.1, -0.05) is 53.2 Å². The zero-order valence-corrected chi connectivity index (χ0v) is 27.4. The van der Waals surface area contributed by atoms with Crippen molar-refractivity contribution in [3.63, 3.8) is 0 Å². The molecule has 0 bridgehead atoms. The minimum absolute atomic E-state index is 0.0832. The van der Waals surface area contributed by atoms with Crippen LogP contribution >= 0.6 is 0 Å². The third kappa shape index (κ3) is 7.09. The number of carbonyl (C=O) groups is 1. The zero-order chi connectivity index (χ0) is 32.8. The van der Waals surface area contributed by atoms with Gasteiger partial charge in [-0.15, -0.1) is 0 Å². The minimum atomic E-state index is -0.510. The van der Waals surface area contributed by atoms with Crippen LogP contribution in [0.3, 0.4) is 0 Å². The highest BCUT2D eigenvalue weighted by molar-refractivity contribution is 6.07. The maximum atomic E-state index is 14.2. The number of anilines is 2. The molecule has 9 heteroatoms. The van der Waals surface area contributed by atoms with Crippen molar-refractivity contribution >= 4 is 28.4 Å². The number of nitrogens with zero attached hydrogens (tertiary/aromatic N) is 4. The minimum Gasteiger partial charge on any atom is -0.489 e. The molecular weight excluding hydrogens is 576 g/mol. The first kappa shape index (κ1) is 32.3. The van der Waals surface area contributed by atoms with Crippen LogP contribution in [0.2, 0.25) is 0 Å². The summed E-state index contributed by atoms with van der Waals surface area (Å²) in [5.41, 5.74) is 5.90. The molecule has 1 aromatic carbocycles. The molecule has 0 aliphatic heterocycles. The summed E-state index contributed by atoms with van der Waals surface area (Å²) in [6.07, 6.45) is 6.90. The van der Waals surface area contributed by atoms with E-state index in [0.29, 0.717) is 35.7 Å². The molecule has 0 spiro atoms. The monoisotopic (exact) mass is 618 g/mol. The Morgan fingerprint density at radius 3 is 2.30 bits per heavy atom. The van der Waals surface area contributed by atoms with Crippen LogP contribution < -0.4 is 20.9 Å². The maximum Gasteiger partial charge on any atom is 0.323 e. The van der Waals surface area contributed by atoms with E-state index in [1.807, 2.05) is 61.5 Å². The first-order chi connectivity index (χ1) is 22.2. The summed E-state index contributed by atoms with van der Waals surface area (Å²) in [4.78, 5) is 41.6. The lowest BCUT2D eigenvalue weighted by Gasteiger charge is -2.23. The highest BCUT2D eigenvalue weighted by Crippen LogP contribution is 2.37. The van der Waals surface area contributed by atoms with Gasteiger partial charge >= 0.3 is 6.03 Å². The number of benzene rings is 1. The van der Waals surface area contributed by atoms with Crippen LogP contribution in [-0.2, 0) is 13.2 Å². The van der Waals surface area contributed by atoms with Crippen molar-refractivity contribution in [2.75, 3.05) is 10.6 Å². The van der Waals surface area contributed by atoms with Crippen molar-refractivity contribution in [1.82, 2.24) is 19.5 Å². The molecule has 0 radical (unpaired) electrons. The van der Waals surface area contributed by atoms with Gasteiger partial charge < -0.3 is 15.4 Å². The van der Waals surface area contributed by atoms with Crippen LogP contribution in [0.5, 0.6) is 5.75 Å². The van der Waals surface area contributed by atoms with Gasteiger partial charge in [-0.2, -0.15) is 0 Å². The highest BCUT2D eigenvalue weighted by Gasteiger charge is 2.24. The van der Waals surface area contributed by atoms with Crippen molar-refractivity contribution in [2.24, 2.45) is 0 Å². The van der Waals surface area contributed by atoms with Crippen molar-refractivity contribution < 1.29 is 9.53 Å². The molecule has 46 heavy (non-hydrogen) atoms. The average Bonchev–Trinajstić information content (AvgIpc) is 3.04. The number of aromatic nitrogens is 4. The number of hydrogen-bond donors (Lipinski definition) is 2. The van der Waals surface area contributed by atoms with Gasteiger partial charge in [0.1, 0.15) is 23.7 Å². The van der Waals surface area contributed by atoms with E-state index in [1.54, 1.807) is 23.2 Å². The predicted octanol–water partition coefficient (Wildman–Crippen LogP) is 8.43. The molecule has 0 aliphatic carbocycles. The molecule has 2 amide bonds. The van der Waals surface area contributed by atoms with E-state index in [4.69, 9.17) is 9.72 Å². The largest absolute Gasteiger partial charge is 0.489 e. The van der Waals surface area contributed by atoms with E-state index < -0.39 is 6.03 Å². The van der Waals surface area contributed by atoms with Gasteiger partial charge in [-0.25, -0.2) is 9.78 Å². The van der Waals surface area contributed by atoms with E-state index in [9.17, 15) is 9.59 Å². The van der Waals surface area contributed by atoms with Gasteiger partial charge in [-0.05, 0) is 78.8 Å². The van der Waals surface area contributed by atoms with Crippen LogP contribution in [0.4, 0.5) is 16.2 Å². The van der Waals surface area contributed by atoms with Crippen LogP contribution in [0, 0.1) is 6.92 Å². The maximum absolute atomic E-state index is 14.2. The van der Waals surface area contributed by atoms with Gasteiger partial charge in [0.2, 0.25) is 0 Å². The molecule has 4 heterocycles. The van der Waals surface area contributed by atoms with Crippen LogP contribution in [0.1, 0.15) is 81.7 Å². The van der Waals surface area contributed by atoms with Crippen molar-refractivity contribution in [3.8, 4) is 17.0 Å². The smallest absolute Gasteiger partial charge is 0.323 e. The van der Waals surface area contributed by atoms with E-state index >= 15 is 0 Å². The lowest BCUT2D eigenvalue weighted by Crippen LogP contribution is -2.30. The summed E-state index contributed by atoms with van der Waals surface area (Å²) >= 11 is 0. The second-order valence-electron chi connectivity index (χ2n) is 12.1. The Kier molecular flexibility index (Phi) is 10.1. The van der Waals surface area contributed by atoms with Crippen LogP contribution in [0.25, 0.3) is 22.3 Å². The molecule has 5 aromatic rings. The van der Waals surface area contributed by atoms with Crippen molar-refractivity contribution in [2.45, 2.75) is 79.4 Å². The number of rotatable bonds is 11. The molecule has 0 fully saturated rings. The number of ether oxygens (including phenoxy) is 1.